The summed E-state index contributed by atoms with van der Waals surface area (Å²) in [6.07, 6.45) is 53.8. The van der Waals surface area contributed by atoms with Gasteiger partial charge in [-0.25, -0.2) is 0 Å². The summed E-state index contributed by atoms with van der Waals surface area (Å²) in [5.41, 5.74) is 0. The number of quaternary nitrogens is 1. The molecular formula is C51H99N2O6P. The van der Waals surface area contributed by atoms with Crippen LogP contribution in [-0.4, -0.2) is 68.5 Å². The highest BCUT2D eigenvalue weighted by molar-refractivity contribution is 7.45. The Balaban J connectivity index is 4.03. The van der Waals surface area contributed by atoms with E-state index >= 15 is 0 Å². The first kappa shape index (κ1) is 58.7. The maximum Gasteiger partial charge on any atom is 0.268 e. The molecule has 0 rings (SSSR count). The van der Waals surface area contributed by atoms with E-state index in [2.05, 4.69) is 43.5 Å². The smallest absolute Gasteiger partial charge is 0.268 e. The van der Waals surface area contributed by atoms with Crippen LogP contribution in [0.15, 0.2) is 36.5 Å². The molecule has 0 spiro atoms. The first-order valence-corrected chi connectivity index (χ1v) is 26.8. The second kappa shape index (κ2) is 43.0. The molecule has 3 unspecified atom stereocenters. The summed E-state index contributed by atoms with van der Waals surface area (Å²) >= 11 is 0. The highest BCUT2D eigenvalue weighted by atomic mass is 31.2. The van der Waals surface area contributed by atoms with Gasteiger partial charge in [0.15, 0.2) is 0 Å². The Morgan fingerprint density at radius 1 is 0.567 bits per heavy atom. The van der Waals surface area contributed by atoms with Gasteiger partial charge in [-0.3, -0.25) is 9.36 Å². The Hall–Kier alpha value is -1.28. The summed E-state index contributed by atoms with van der Waals surface area (Å²) < 4.78 is 23.1. The quantitative estimate of drug-likeness (QED) is 0.0273. The van der Waals surface area contributed by atoms with Crippen molar-refractivity contribution in [3.8, 4) is 0 Å². The molecule has 2 N–H and O–H groups in total. The van der Waals surface area contributed by atoms with Crippen molar-refractivity contribution in [2.45, 2.75) is 244 Å². The maximum atomic E-state index is 12.8. The number of carbonyl (C=O) groups excluding carboxylic acids is 1. The van der Waals surface area contributed by atoms with Crippen molar-refractivity contribution < 1.29 is 32.9 Å². The van der Waals surface area contributed by atoms with Gasteiger partial charge in [0.25, 0.3) is 7.82 Å². The van der Waals surface area contributed by atoms with Crippen LogP contribution < -0.4 is 10.2 Å². The van der Waals surface area contributed by atoms with Crippen LogP contribution in [0.1, 0.15) is 232 Å². The molecule has 0 aromatic rings. The van der Waals surface area contributed by atoms with Crippen LogP contribution >= 0.6 is 7.82 Å². The van der Waals surface area contributed by atoms with Gasteiger partial charge < -0.3 is 28.8 Å². The Labute approximate surface area is 372 Å². The Kier molecular flexibility index (Phi) is 42.1. The topological polar surface area (TPSA) is 108 Å². The van der Waals surface area contributed by atoms with Gasteiger partial charge in [0.05, 0.1) is 39.9 Å². The number of likely N-dealkylation sites (N-methyl/N-ethyl adjacent to an activating group) is 1. The molecule has 9 heteroatoms. The molecule has 3 atom stereocenters. The fourth-order valence-corrected chi connectivity index (χ4v) is 8.00. The lowest BCUT2D eigenvalue weighted by molar-refractivity contribution is -0.870. The predicted octanol–water partition coefficient (Wildman–Crippen LogP) is 14.0. The van der Waals surface area contributed by atoms with Gasteiger partial charge in [0.2, 0.25) is 5.91 Å². The number of carbonyl (C=O) groups is 1. The Morgan fingerprint density at radius 2 is 0.933 bits per heavy atom. The van der Waals surface area contributed by atoms with Crippen molar-refractivity contribution in [3.63, 3.8) is 0 Å². The molecule has 1 amide bonds. The Bertz CT molecular complexity index is 1070. The monoisotopic (exact) mass is 867 g/mol. The van der Waals surface area contributed by atoms with Gasteiger partial charge in [0, 0.05) is 6.42 Å². The molecular weight excluding hydrogens is 768 g/mol. The lowest BCUT2D eigenvalue weighted by Crippen LogP contribution is -2.45. The molecule has 354 valence electrons. The second-order valence-corrected chi connectivity index (χ2v) is 19.9. The first-order chi connectivity index (χ1) is 29.0. The molecule has 0 saturated carbocycles. The van der Waals surface area contributed by atoms with Crippen molar-refractivity contribution in [3.05, 3.63) is 36.5 Å². The van der Waals surface area contributed by atoms with Gasteiger partial charge in [-0.05, 0) is 57.8 Å². The van der Waals surface area contributed by atoms with Crippen LogP contribution in [0.2, 0.25) is 0 Å². The van der Waals surface area contributed by atoms with Crippen LogP contribution in [-0.2, 0) is 18.4 Å². The summed E-state index contributed by atoms with van der Waals surface area (Å²) in [5, 5.41) is 13.7. The molecule has 0 aliphatic carbocycles. The number of allylic oxidation sites excluding steroid dienone is 5. The minimum absolute atomic E-state index is 0.00624. The van der Waals surface area contributed by atoms with Crippen LogP contribution in [0.25, 0.3) is 0 Å². The minimum atomic E-state index is -4.59. The van der Waals surface area contributed by atoms with Gasteiger partial charge in [-0.1, -0.05) is 204 Å². The third kappa shape index (κ3) is 44.8. The number of phosphoric ester groups is 1. The summed E-state index contributed by atoms with van der Waals surface area (Å²) in [4.78, 5) is 25.3. The summed E-state index contributed by atoms with van der Waals surface area (Å²) in [6.45, 7) is 4.58. The number of phosphoric acid groups is 1. The first-order valence-electron chi connectivity index (χ1n) is 25.4. The van der Waals surface area contributed by atoms with Crippen LogP contribution in [0.5, 0.6) is 0 Å². The average Bonchev–Trinajstić information content (AvgIpc) is 3.20. The van der Waals surface area contributed by atoms with E-state index in [0.29, 0.717) is 17.4 Å². The molecule has 8 nitrogen and oxygen atoms in total. The fourth-order valence-electron chi connectivity index (χ4n) is 7.28. The third-order valence-corrected chi connectivity index (χ3v) is 12.3. The highest BCUT2D eigenvalue weighted by Gasteiger charge is 2.23. The van der Waals surface area contributed by atoms with Crippen LogP contribution in [0, 0.1) is 0 Å². The van der Waals surface area contributed by atoms with E-state index in [0.717, 1.165) is 38.5 Å². The lowest BCUT2D eigenvalue weighted by atomic mass is 10.0. The van der Waals surface area contributed by atoms with Crippen molar-refractivity contribution in [1.29, 1.82) is 0 Å². The van der Waals surface area contributed by atoms with Gasteiger partial charge in [-0.15, -0.1) is 0 Å². The van der Waals surface area contributed by atoms with Gasteiger partial charge >= 0.3 is 0 Å². The van der Waals surface area contributed by atoms with Crippen molar-refractivity contribution in [2.24, 2.45) is 0 Å². The van der Waals surface area contributed by atoms with E-state index in [-0.39, 0.29) is 12.5 Å². The van der Waals surface area contributed by atoms with E-state index in [1.54, 1.807) is 6.08 Å². The minimum Gasteiger partial charge on any atom is -0.756 e. The van der Waals surface area contributed by atoms with Crippen molar-refractivity contribution >= 4 is 13.7 Å². The van der Waals surface area contributed by atoms with E-state index in [1.807, 2.05) is 27.2 Å². The second-order valence-electron chi connectivity index (χ2n) is 18.5. The number of hydrogen-bond acceptors (Lipinski definition) is 6. The number of aliphatic hydroxyl groups excluding tert-OH is 1. The van der Waals surface area contributed by atoms with E-state index in [1.165, 1.54) is 173 Å². The normalized spacial score (nSPS) is 14.4. The number of amides is 1. The largest absolute Gasteiger partial charge is 0.756 e. The molecule has 0 aliphatic rings. The number of unbranched alkanes of at least 4 members (excludes halogenated alkanes) is 29. The molecule has 0 radical (unpaired) electrons. The number of rotatable bonds is 46. The molecule has 60 heavy (non-hydrogen) atoms. The maximum absolute atomic E-state index is 12.8. The fraction of sp³-hybridized carbons (Fsp3) is 0.863. The number of hydrogen-bond donors (Lipinski definition) is 2. The molecule has 0 bridgehead atoms. The van der Waals surface area contributed by atoms with Crippen molar-refractivity contribution in [1.82, 2.24) is 5.32 Å². The SMILES string of the molecule is CCCCC/C=C/CC/C=C/C(O)C(COP(=O)([O-])OCC[N+](C)(C)C)NC(=O)CCCCCCCCCCCCCCC/C=C\CCCCCCCCCCCCCC. The molecule has 0 aromatic heterocycles. The predicted molar refractivity (Wildman–Crippen MR) is 256 cm³/mol. The third-order valence-electron chi connectivity index (χ3n) is 11.3. The van der Waals surface area contributed by atoms with E-state index in [4.69, 9.17) is 9.05 Å². The van der Waals surface area contributed by atoms with Crippen molar-refractivity contribution in [2.75, 3.05) is 40.9 Å². The zero-order chi connectivity index (χ0) is 44.3. The zero-order valence-electron chi connectivity index (χ0n) is 40.2. The summed E-state index contributed by atoms with van der Waals surface area (Å²) in [7, 11) is 1.24. The number of aliphatic hydroxyl groups is 1. The molecule has 0 aliphatic heterocycles. The standard InChI is InChI=1S/C51H99N2O6P/c1-6-8-10-12-14-16-17-18-19-20-21-22-23-24-25-26-27-28-29-30-31-32-33-34-35-37-39-41-43-45-51(55)52-49(48-59-60(56,57)58-47-46-53(3,4)5)50(54)44-42-40-38-36-15-13-11-9-7-2/h15,24-25,36,42,44,49-50,54H,6-14,16-23,26-35,37-41,43,45-48H2,1-5H3,(H-,52,55,56,57)/b25-24-,36-15+,44-42+. The summed E-state index contributed by atoms with van der Waals surface area (Å²) in [6, 6.07) is -0.900. The Morgan fingerprint density at radius 3 is 1.38 bits per heavy atom. The molecule has 0 saturated heterocycles. The molecule has 0 heterocycles. The van der Waals surface area contributed by atoms with Gasteiger partial charge in [-0.2, -0.15) is 0 Å². The van der Waals surface area contributed by atoms with Crippen LogP contribution in [0.4, 0.5) is 0 Å². The number of nitrogens with one attached hydrogen (secondary N) is 1. The molecule has 0 aromatic carbocycles. The average molecular weight is 867 g/mol. The molecule has 0 fully saturated rings. The van der Waals surface area contributed by atoms with Gasteiger partial charge in [0.1, 0.15) is 13.2 Å². The zero-order valence-corrected chi connectivity index (χ0v) is 41.1. The van der Waals surface area contributed by atoms with E-state index in [9.17, 15) is 19.4 Å². The number of nitrogens with zero attached hydrogens (tertiary/aromatic N) is 1. The lowest BCUT2D eigenvalue weighted by Gasteiger charge is -2.29. The van der Waals surface area contributed by atoms with E-state index < -0.39 is 26.6 Å². The van der Waals surface area contributed by atoms with Crippen LogP contribution in [0.3, 0.4) is 0 Å². The summed E-state index contributed by atoms with van der Waals surface area (Å²) in [5.74, 6) is -0.209. The highest BCUT2D eigenvalue weighted by Crippen LogP contribution is 2.38.